The van der Waals surface area contributed by atoms with Gasteiger partial charge in [0.25, 0.3) is 0 Å². The summed E-state index contributed by atoms with van der Waals surface area (Å²) in [5.74, 6) is 2.68. The third-order valence-corrected chi connectivity index (χ3v) is 10.4. The highest BCUT2D eigenvalue weighted by Crippen LogP contribution is 2.55. The van der Waals surface area contributed by atoms with Crippen molar-refractivity contribution in [1.29, 1.82) is 5.26 Å². The van der Waals surface area contributed by atoms with Crippen LogP contribution in [0.3, 0.4) is 0 Å². The first-order valence-corrected chi connectivity index (χ1v) is 17.1. The molecule has 2 heterocycles. The summed E-state index contributed by atoms with van der Waals surface area (Å²) in [6, 6.07) is 50.5. The highest BCUT2D eigenvalue weighted by Gasteiger charge is 2.42. The minimum Gasteiger partial charge on any atom is -0.457 e. The molecule has 1 aliphatic heterocycles. The number of para-hydroxylation sites is 2. The normalized spacial score (nSPS) is 14.4. The number of fused-ring (bicyclic) bond motifs is 5. The Labute approximate surface area is 286 Å². The van der Waals surface area contributed by atoms with Crippen molar-refractivity contribution in [3.63, 3.8) is 0 Å². The van der Waals surface area contributed by atoms with E-state index in [0.717, 1.165) is 68.8 Å². The van der Waals surface area contributed by atoms with Gasteiger partial charge in [0.15, 0.2) is 5.82 Å². The molecular formula is C45H33N3O. The van der Waals surface area contributed by atoms with E-state index >= 15 is 0 Å². The molecule has 0 atom stereocenters. The quantitative estimate of drug-likeness (QED) is 0.194. The summed E-state index contributed by atoms with van der Waals surface area (Å²) in [6.45, 7) is 0. The molecule has 49 heavy (non-hydrogen) atoms. The largest absolute Gasteiger partial charge is 0.457 e. The molecule has 9 rings (SSSR count). The molecule has 1 fully saturated rings. The molecule has 4 heteroatoms. The molecule has 7 aromatic rings. The highest BCUT2D eigenvalue weighted by molar-refractivity contribution is 5.94. The lowest BCUT2D eigenvalue weighted by atomic mass is 9.63. The van der Waals surface area contributed by atoms with Gasteiger partial charge in [-0.3, -0.25) is 0 Å². The summed E-state index contributed by atoms with van der Waals surface area (Å²) in [5, 5.41) is 10.4. The van der Waals surface area contributed by atoms with Gasteiger partial charge in [-0.25, -0.2) is 9.97 Å². The van der Waals surface area contributed by atoms with Gasteiger partial charge >= 0.3 is 0 Å². The Morgan fingerprint density at radius 3 is 2.06 bits per heavy atom. The van der Waals surface area contributed by atoms with E-state index < -0.39 is 0 Å². The second-order valence-corrected chi connectivity index (χ2v) is 13.2. The fourth-order valence-electron chi connectivity index (χ4n) is 7.93. The van der Waals surface area contributed by atoms with Crippen LogP contribution < -0.4 is 4.74 Å². The predicted octanol–water partition coefficient (Wildman–Crippen LogP) is 11.5. The molecule has 1 saturated carbocycles. The fourth-order valence-corrected chi connectivity index (χ4v) is 7.93. The van der Waals surface area contributed by atoms with Crippen LogP contribution in [-0.4, -0.2) is 9.97 Å². The molecule has 1 aromatic heterocycles. The number of benzene rings is 6. The Hall–Kier alpha value is -6.05. The third-order valence-electron chi connectivity index (χ3n) is 10.4. The van der Waals surface area contributed by atoms with E-state index in [1.54, 1.807) is 0 Å². The zero-order valence-corrected chi connectivity index (χ0v) is 27.1. The lowest BCUT2D eigenvalue weighted by Crippen LogP contribution is -2.33. The van der Waals surface area contributed by atoms with E-state index in [1.807, 2.05) is 42.5 Å². The molecule has 0 radical (unpaired) electrons. The number of hydrogen-bond acceptors (Lipinski definition) is 4. The van der Waals surface area contributed by atoms with Crippen LogP contribution in [0.1, 0.15) is 48.8 Å². The minimum atomic E-state index is 0.00351. The molecule has 6 aromatic carbocycles. The average molecular weight is 632 g/mol. The number of aromatic nitrogens is 2. The van der Waals surface area contributed by atoms with E-state index in [9.17, 15) is 5.26 Å². The Kier molecular flexibility index (Phi) is 7.06. The van der Waals surface area contributed by atoms with Gasteiger partial charge in [-0.15, -0.1) is 0 Å². The zero-order chi connectivity index (χ0) is 32.8. The topological polar surface area (TPSA) is 58.8 Å². The van der Waals surface area contributed by atoms with Gasteiger partial charge in [0.05, 0.1) is 22.8 Å². The molecule has 0 unspecified atom stereocenters. The van der Waals surface area contributed by atoms with Gasteiger partial charge < -0.3 is 4.74 Å². The summed E-state index contributed by atoms with van der Waals surface area (Å²) in [4.78, 5) is 10.2. The molecule has 1 spiro atoms. The summed E-state index contributed by atoms with van der Waals surface area (Å²) < 4.78 is 6.47. The average Bonchev–Trinajstić information content (AvgIpc) is 3.18. The second-order valence-electron chi connectivity index (χ2n) is 13.2. The standard InChI is InChI=1S/C45H33N3O/c46-29-30-10-8-11-33(26-30)34-12-9-13-36(27-34)43-37-14-2-4-16-40(37)47-44(48-43)32-20-18-31(19-21-32)35-22-23-42-39(28-35)45(24-6-1-7-25-45)38-15-3-5-17-41(38)49-42/h2-5,8-23,26-28H,1,6-7,24-25H2. The van der Waals surface area contributed by atoms with Crippen LogP contribution in [0.2, 0.25) is 0 Å². The van der Waals surface area contributed by atoms with Crippen LogP contribution in [0, 0.1) is 11.3 Å². The van der Waals surface area contributed by atoms with Crippen molar-refractivity contribution in [3.8, 4) is 62.5 Å². The maximum atomic E-state index is 9.44. The Morgan fingerprint density at radius 1 is 0.531 bits per heavy atom. The molecule has 4 nitrogen and oxygen atoms in total. The first kappa shape index (κ1) is 29.1. The Bertz CT molecular complexity index is 2420. The molecule has 1 aliphatic carbocycles. The van der Waals surface area contributed by atoms with Crippen LogP contribution in [0.15, 0.2) is 140 Å². The molecule has 2 aliphatic rings. The molecule has 234 valence electrons. The number of nitriles is 1. The number of nitrogens with zero attached hydrogens (tertiary/aromatic N) is 3. The van der Waals surface area contributed by atoms with E-state index in [4.69, 9.17) is 14.7 Å². The van der Waals surface area contributed by atoms with Gasteiger partial charge in [-0.1, -0.05) is 116 Å². The maximum absolute atomic E-state index is 9.44. The monoisotopic (exact) mass is 631 g/mol. The molecular weight excluding hydrogens is 599 g/mol. The van der Waals surface area contributed by atoms with Crippen molar-refractivity contribution < 1.29 is 4.74 Å². The van der Waals surface area contributed by atoms with Crippen LogP contribution in [0.25, 0.3) is 55.8 Å². The van der Waals surface area contributed by atoms with Crippen molar-refractivity contribution >= 4 is 10.9 Å². The number of hydrogen-bond donors (Lipinski definition) is 0. The smallest absolute Gasteiger partial charge is 0.160 e. The Morgan fingerprint density at radius 2 is 1.20 bits per heavy atom. The van der Waals surface area contributed by atoms with Gasteiger partial charge in [0, 0.05) is 33.1 Å². The van der Waals surface area contributed by atoms with Crippen molar-refractivity contribution in [1.82, 2.24) is 9.97 Å². The van der Waals surface area contributed by atoms with E-state index in [-0.39, 0.29) is 5.41 Å². The van der Waals surface area contributed by atoms with Gasteiger partial charge in [0.2, 0.25) is 0 Å². The van der Waals surface area contributed by atoms with Gasteiger partial charge in [0.1, 0.15) is 11.5 Å². The van der Waals surface area contributed by atoms with Gasteiger partial charge in [-0.05, 0) is 77.6 Å². The SMILES string of the molecule is N#Cc1cccc(-c2cccc(-c3nc(-c4ccc(-c5ccc6c(c5)C5(CCCCC5)c5ccccc5O6)cc4)nc4ccccc34)c2)c1. The highest BCUT2D eigenvalue weighted by atomic mass is 16.5. The fraction of sp³-hybridized carbons (Fsp3) is 0.133. The molecule has 0 amide bonds. The first-order valence-electron chi connectivity index (χ1n) is 17.1. The lowest BCUT2D eigenvalue weighted by molar-refractivity contribution is 0.306. The van der Waals surface area contributed by atoms with Crippen molar-refractivity contribution in [2.45, 2.75) is 37.5 Å². The van der Waals surface area contributed by atoms with E-state index in [2.05, 4.69) is 103 Å². The van der Waals surface area contributed by atoms with Gasteiger partial charge in [-0.2, -0.15) is 5.26 Å². The van der Waals surface area contributed by atoms with Crippen LogP contribution in [-0.2, 0) is 5.41 Å². The number of ether oxygens (including phenoxy) is 1. The van der Waals surface area contributed by atoms with Crippen LogP contribution in [0.4, 0.5) is 0 Å². The summed E-state index contributed by atoms with van der Waals surface area (Å²) in [7, 11) is 0. The summed E-state index contributed by atoms with van der Waals surface area (Å²) in [6.07, 6.45) is 6.07. The molecule has 0 N–H and O–H groups in total. The third kappa shape index (κ3) is 5.07. The number of rotatable bonds is 4. The van der Waals surface area contributed by atoms with Crippen molar-refractivity contribution in [2.24, 2.45) is 0 Å². The second kappa shape index (κ2) is 11.9. The molecule has 0 saturated heterocycles. The van der Waals surface area contributed by atoms with Crippen LogP contribution >= 0.6 is 0 Å². The van der Waals surface area contributed by atoms with E-state index in [1.165, 1.54) is 36.0 Å². The predicted molar refractivity (Wildman–Crippen MR) is 196 cm³/mol. The van der Waals surface area contributed by atoms with Crippen molar-refractivity contribution in [2.75, 3.05) is 0 Å². The van der Waals surface area contributed by atoms with Crippen molar-refractivity contribution in [3.05, 3.63) is 156 Å². The lowest BCUT2D eigenvalue weighted by Gasteiger charge is -2.43. The molecule has 0 bridgehead atoms. The minimum absolute atomic E-state index is 0.00351. The summed E-state index contributed by atoms with van der Waals surface area (Å²) in [5.41, 5.74) is 11.4. The summed E-state index contributed by atoms with van der Waals surface area (Å²) >= 11 is 0. The zero-order valence-electron chi connectivity index (χ0n) is 27.1. The first-order chi connectivity index (χ1) is 24.2. The Balaban J connectivity index is 1.09. The maximum Gasteiger partial charge on any atom is 0.160 e. The van der Waals surface area contributed by atoms with E-state index in [0.29, 0.717) is 11.4 Å². The van der Waals surface area contributed by atoms with Crippen LogP contribution in [0.5, 0.6) is 11.5 Å².